The van der Waals surface area contributed by atoms with Crippen LogP contribution in [0.4, 0.5) is 10.9 Å². The molecule has 0 aliphatic carbocycles. The molecule has 1 amide bonds. The summed E-state index contributed by atoms with van der Waals surface area (Å²) in [5, 5.41) is 9.59. The van der Waals surface area contributed by atoms with Crippen molar-refractivity contribution in [3.63, 3.8) is 0 Å². The molecule has 9 heteroatoms. The molecular formula is C6H4BrN5O2S. The largest absolute Gasteiger partial charge is 0.379 e. The van der Waals surface area contributed by atoms with E-state index in [0.29, 0.717) is 5.13 Å². The van der Waals surface area contributed by atoms with E-state index in [4.69, 9.17) is 5.73 Å². The Kier molecular flexibility index (Phi) is 2.64. The lowest BCUT2D eigenvalue weighted by Gasteiger charge is -1.95. The molecule has 0 saturated carbocycles. The van der Waals surface area contributed by atoms with E-state index in [1.165, 1.54) is 11.3 Å². The monoisotopic (exact) mass is 289 g/mol. The third-order valence-corrected chi connectivity index (χ3v) is 2.82. The number of nitrogen functional groups attached to an aromatic ring is 1. The van der Waals surface area contributed by atoms with E-state index in [2.05, 4.69) is 41.2 Å². The van der Waals surface area contributed by atoms with Crippen molar-refractivity contribution in [1.29, 1.82) is 0 Å². The Morgan fingerprint density at radius 1 is 1.60 bits per heavy atom. The highest BCUT2D eigenvalue weighted by atomic mass is 79.9. The average molecular weight is 290 g/mol. The minimum Gasteiger partial charge on any atom is -0.379 e. The van der Waals surface area contributed by atoms with Crippen molar-refractivity contribution in [3.05, 3.63) is 15.7 Å². The SMILES string of the molecule is Nc1nonc1C(=O)Nc1ncc(Br)s1. The average Bonchev–Trinajstić information content (AvgIpc) is 2.75. The Labute approximate surface area is 95.8 Å². The van der Waals surface area contributed by atoms with Crippen LogP contribution in [0.15, 0.2) is 14.6 Å². The van der Waals surface area contributed by atoms with Crippen molar-refractivity contribution in [2.45, 2.75) is 0 Å². The van der Waals surface area contributed by atoms with Gasteiger partial charge in [0.1, 0.15) is 0 Å². The quantitative estimate of drug-likeness (QED) is 0.858. The van der Waals surface area contributed by atoms with Crippen LogP contribution < -0.4 is 11.1 Å². The number of carbonyl (C=O) groups excluding carboxylic acids is 1. The fraction of sp³-hybridized carbons (Fsp3) is 0. The number of carbonyl (C=O) groups is 1. The normalized spacial score (nSPS) is 10.2. The van der Waals surface area contributed by atoms with Gasteiger partial charge in [-0.1, -0.05) is 11.3 Å². The molecule has 0 atom stereocenters. The number of aromatic nitrogens is 3. The fourth-order valence-corrected chi connectivity index (χ4v) is 1.92. The Hall–Kier alpha value is -1.48. The third kappa shape index (κ3) is 2.13. The highest BCUT2D eigenvalue weighted by molar-refractivity contribution is 9.11. The van der Waals surface area contributed by atoms with Crippen LogP contribution in [0.1, 0.15) is 10.5 Å². The van der Waals surface area contributed by atoms with Crippen LogP contribution >= 0.6 is 27.3 Å². The van der Waals surface area contributed by atoms with Crippen LogP contribution in [0, 0.1) is 0 Å². The first-order valence-corrected chi connectivity index (χ1v) is 5.28. The predicted molar refractivity (Wildman–Crippen MR) is 56.5 cm³/mol. The minimum atomic E-state index is -0.504. The molecule has 0 aromatic carbocycles. The van der Waals surface area contributed by atoms with Gasteiger partial charge in [0.2, 0.25) is 11.5 Å². The zero-order valence-corrected chi connectivity index (χ0v) is 9.50. The van der Waals surface area contributed by atoms with Crippen molar-refractivity contribution in [1.82, 2.24) is 15.3 Å². The van der Waals surface area contributed by atoms with Crippen LogP contribution in [0.3, 0.4) is 0 Å². The summed E-state index contributed by atoms with van der Waals surface area (Å²) in [6, 6.07) is 0. The molecule has 0 bridgehead atoms. The second-order valence-electron chi connectivity index (χ2n) is 2.42. The van der Waals surface area contributed by atoms with Gasteiger partial charge in [0, 0.05) is 0 Å². The topological polar surface area (TPSA) is 107 Å². The van der Waals surface area contributed by atoms with E-state index in [-0.39, 0.29) is 11.5 Å². The van der Waals surface area contributed by atoms with E-state index in [9.17, 15) is 4.79 Å². The molecule has 0 spiro atoms. The van der Waals surface area contributed by atoms with Gasteiger partial charge in [-0.2, -0.15) is 0 Å². The molecule has 0 saturated heterocycles. The van der Waals surface area contributed by atoms with Crippen molar-refractivity contribution < 1.29 is 9.42 Å². The maximum Gasteiger partial charge on any atom is 0.283 e. The number of thiazole rings is 1. The molecule has 7 nitrogen and oxygen atoms in total. The van der Waals surface area contributed by atoms with Gasteiger partial charge in [0.25, 0.3) is 5.91 Å². The van der Waals surface area contributed by atoms with Crippen molar-refractivity contribution >= 4 is 44.1 Å². The first-order chi connectivity index (χ1) is 7.16. The number of hydrogen-bond acceptors (Lipinski definition) is 7. The predicted octanol–water partition coefficient (Wildman–Crippen LogP) is 1.12. The molecule has 0 radical (unpaired) electrons. The van der Waals surface area contributed by atoms with E-state index in [0.717, 1.165) is 3.79 Å². The summed E-state index contributed by atoms with van der Waals surface area (Å²) >= 11 is 4.49. The molecule has 2 heterocycles. The second kappa shape index (κ2) is 3.95. The Morgan fingerprint density at radius 3 is 2.93 bits per heavy atom. The molecule has 2 rings (SSSR count). The van der Waals surface area contributed by atoms with Gasteiger partial charge in [-0.15, -0.1) is 0 Å². The summed E-state index contributed by atoms with van der Waals surface area (Å²) in [5.41, 5.74) is 5.29. The van der Waals surface area contributed by atoms with Crippen molar-refractivity contribution in [2.75, 3.05) is 11.1 Å². The van der Waals surface area contributed by atoms with Crippen LogP contribution in [0.25, 0.3) is 0 Å². The van der Waals surface area contributed by atoms with Crippen molar-refractivity contribution in [2.24, 2.45) is 0 Å². The highest BCUT2D eigenvalue weighted by Crippen LogP contribution is 2.23. The summed E-state index contributed by atoms with van der Waals surface area (Å²) < 4.78 is 5.11. The van der Waals surface area contributed by atoms with Gasteiger partial charge >= 0.3 is 0 Å². The number of anilines is 2. The molecule has 78 valence electrons. The Morgan fingerprint density at radius 2 is 2.40 bits per heavy atom. The summed E-state index contributed by atoms with van der Waals surface area (Å²) in [4.78, 5) is 15.4. The number of nitrogens with zero attached hydrogens (tertiary/aromatic N) is 3. The van der Waals surface area contributed by atoms with Gasteiger partial charge in [-0.3, -0.25) is 10.1 Å². The van der Waals surface area contributed by atoms with Crippen LogP contribution in [-0.4, -0.2) is 21.2 Å². The number of hydrogen-bond donors (Lipinski definition) is 2. The van der Waals surface area contributed by atoms with Gasteiger partial charge in [-0.05, 0) is 26.2 Å². The van der Waals surface area contributed by atoms with Crippen molar-refractivity contribution in [3.8, 4) is 0 Å². The Bertz CT molecular complexity index is 495. The van der Waals surface area contributed by atoms with Crippen LogP contribution in [0.5, 0.6) is 0 Å². The number of nitrogens with one attached hydrogen (secondary N) is 1. The zero-order valence-electron chi connectivity index (χ0n) is 7.10. The molecular weight excluding hydrogens is 286 g/mol. The summed E-state index contributed by atoms with van der Waals surface area (Å²) in [6.07, 6.45) is 1.57. The van der Waals surface area contributed by atoms with E-state index < -0.39 is 5.91 Å². The lowest BCUT2D eigenvalue weighted by molar-refractivity contribution is 0.101. The second-order valence-corrected chi connectivity index (χ2v) is 4.83. The van der Waals surface area contributed by atoms with E-state index in [1.807, 2.05) is 0 Å². The minimum absolute atomic E-state index is 0.0527. The zero-order chi connectivity index (χ0) is 10.8. The fourth-order valence-electron chi connectivity index (χ4n) is 0.822. The molecule has 15 heavy (non-hydrogen) atoms. The summed E-state index contributed by atoms with van der Waals surface area (Å²) in [5.74, 6) is -0.557. The first-order valence-electron chi connectivity index (χ1n) is 3.67. The smallest absolute Gasteiger partial charge is 0.283 e. The number of nitrogens with two attached hydrogens (primary N) is 1. The van der Waals surface area contributed by atoms with Gasteiger partial charge < -0.3 is 5.73 Å². The molecule has 2 aromatic heterocycles. The molecule has 0 unspecified atom stereocenters. The molecule has 2 aromatic rings. The number of amides is 1. The van der Waals surface area contributed by atoms with E-state index in [1.54, 1.807) is 6.20 Å². The molecule has 0 aliphatic heterocycles. The maximum absolute atomic E-state index is 11.5. The molecule has 0 fully saturated rings. The lowest BCUT2D eigenvalue weighted by Crippen LogP contribution is -2.13. The molecule has 3 N–H and O–H groups in total. The third-order valence-electron chi connectivity index (χ3n) is 1.43. The van der Waals surface area contributed by atoms with Gasteiger partial charge in [-0.25, -0.2) is 9.61 Å². The van der Waals surface area contributed by atoms with E-state index >= 15 is 0 Å². The van der Waals surface area contributed by atoms with Gasteiger partial charge in [0.15, 0.2) is 5.13 Å². The first kappa shape index (κ1) is 10.1. The van der Waals surface area contributed by atoms with Gasteiger partial charge in [0.05, 0.1) is 9.98 Å². The standard InChI is InChI=1S/C6H4BrN5O2S/c7-2-1-9-6(15-2)10-5(13)3-4(8)12-14-11-3/h1H,(H2,8,12)(H,9,10,13). The van der Waals surface area contributed by atoms with Crippen LogP contribution in [-0.2, 0) is 0 Å². The Balaban J connectivity index is 2.14. The maximum atomic E-state index is 11.5. The summed E-state index contributed by atoms with van der Waals surface area (Å²) in [6.45, 7) is 0. The summed E-state index contributed by atoms with van der Waals surface area (Å²) in [7, 11) is 0. The number of halogens is 1. The van der Waals surface area contributed by atoms with Crippen LogP contribution in [0.2, 0.25) is 0 Å². The number of rotatable bonds is 2. The highest BCUT2D eigenvalue weighted by Gasteiger charge is 2.17. The molecule has 0 aliphatic rings. The lowest BCUT2D eigenvalue weighted by atomic mass is 10.4.